The van der Waals surface area contributed by atoms with E-state index in [-0.39, 0.29) is 11.3 Å². The van der Waals surface area contributed by atoms with E-state index in [1.165, 1.54) is 38.5 Å². The van der Waals surface area contributed by atoms with Crippen LogP contribution in [-0.4, -0.2) is 43.6 Å². The molecule has 0 saturated carbocycles. The number of nitrogens with one attached hydrogen (secondary N) is 1. The number of ether oxygens (including phenoxy) is 2. The quantitative estimate of drug-likeness (QED) is 0.421. The minimum absolute atomic E-state index is 0.0230. The van der Waals surface area contributed by atoms with Gasteiger partial charge in [-0.25, -0.2) is 4.79 Å². The molecule has 9 nitrogen and oxygen atoms in total. The number of anilines is 2. The molecule has 1 saturated heterocycles. The number of methoxy groups -OCH3 is 1. The van der Waals surface area contributed by atoms with Gasteiger partial charge in [0.05, 0.1) is 17.6 Å². The SMILES string of the molecule is COC(=O)c1ccc(OCC(=O)Nc2ccc(N3CCCCC3)cc2)c([N+](=O)[O-])c1. The number of carbonyl (C=O) groups excluding carboxylic acids is 2. The van der Waals surface area contributed by atoms with Crippen LogP contribution in [0, 0.1) is 10.1 Å². The summed E-state index contributed by atoms with van der Waals surface area (Å²) in [5.74, 6) is -1.26. The Bertz CT molecular complexity index is 923. The van der Waals surface area contributed by atoms with Crippen molar-refractivity contribution in [3.05, 3.63) is 58.1 Å². The van der Waals surface area contributed by atoms with Crippen molar-refractivity contribution in [2.24, 2.45) is 0 Å². The summed E-state index contributed by atoms with van der Waals surface area (Å²) in [6, 6.07) is 11.2. The van der Waals surface area contributed by atoms with Crippen LogP contribution in [0.1, 0.15) is 29.6 Å². The van der Waals surface area contributed by atoms with E-state index in [2.05, 4.69) is 15.0 Å². The molecule has 0 spiro atoms. The molecule has 1 aliphatic rings. The van der Waals surface area contributed by atoms with Crippen molar-refractivity contribution < 1.29 is 24.0 Å². The number of rotatable bonds is 7. The molecule has 0 aliphatic carbocycles. The molecule has 1 N–H and O–H groups in total. The van der Waals surface area contributed by atoms with E-state index >= 15 is 0 Å². The molecule has 1 amide bonds. The van der Waals surface area contributed by atoms with Crippen molar-refractivity contribution in [3.8, 4) is 5.75 Å². The van der Waals surface area contributed by atoms with E-state index in [9.17, 15) is 19.7 Å². The van der Waals surface area contributed by atoms with Gasteiger partial charge in [-0.2, -0.15) is 0 Å². The highest BCUT2D eigenvalue weighted by atomic mass is 16.6. The molecule has 0 aromatic heterocycles. The van der Waals surface area contributed by atoms with Crippen LogP contribution in [0.5, 0.6) is 5.75 Å². The lowest BCUT2D eigenvalue weighted by atomic mass is 10.1. The third-order valence-corrected chi connectivity index (χ3v) is 4.81. The highest BCUT2D eigenvalue weighted by Crippen LogP contribution is 2.28. The number of nitro benzene ring substituents is 1. The van der Waals surface area contributed by atoms with E-state index in [0.717, 1.165) is 24.8 Å². The Morgan fingerprint density at radius 2 is 1.80 bits per heavy atom. The summed E-state index contributed by atoms with van der Waals surface area (Å²) in [4.78, 5) is 36.6. The van der Waals surface area contributed by atoms with Crippen LogP contribution >= 0.6 is 0 Å². The Balaban J connectivity index is 1.59. The standard InChI is InChI=1S/C21H23N3O6/c1-29-21(26)15-5-10-19(18(13-15)24(27)28)30-14-20(25)22-16-6-8-17(9-7-16)23-11-3-2-4-12-23/h5-10,13H,2-4,11-12,14H2,1H3,(H,22,25). The molecule has 1 aliphatic heterocycles. The topological polar surface area (TPSA) is 111 Å². The Morgan fingerprint density at radius 1 is 1.10 bits per heavy atom. The van der Waals surface area contributed by atoms with Gasteiger partial charge in [0.2, 0.25) is 0 Å². The van der Waals surface area contributed by atoms with E-state index in [4.69, 9.17) is 4.74 Å². The van der Waals surface area contributed by atoms with Crippen LogP contribution in [0.3, 0.4) is 0 Å². The molecule has 0 unspecified atom stereocenters. The third-order valence-electron chi connectivity index (χ3n) is 4.81. The van der Waals surface area contributed by atoms with Crippen LogP contribution in [-0.2, 0) is 9.53 Å². The minimum atomic E-state index is -0.699. The van der Waals surface area contributed by atoms with E-state index < -0.39 is 29.1 Å². The average Bonchev–Trinajstić information content (AvgIpc) is 2.78. The Labute approximate surface area is 173 Å². The fourth-order valence-electron chi connectivity index (χ4n) is 3.27. The van der Waals surface area contributed by atoms with Gasteiger partial charge in [-0.05, 0) is 55.7 Å². The van der Waals surface area contributed by atoms with Gasteiger partial charge in [-0.1, -0.05) is 0 Å². The summed E-state index contributed by atoms with van der Waals surface area (Å²) < 4.78 is 9.86. The summed E-state index contributed by atoms with van der Waals surface area (Å²) >= 11 is 0. The van der Waals surface area contributed by atoms with E-state index in [1.807, 2.05) is 24.3 Å². The molecular formula is C21H23N3O6. The van der Waals surface area contributed by atoms with Crippen LogP contribution in [0.25, 0.3) is 0 Å². The smallest absolute Gasteiger partial charge is 0.338 e. The van der Waals surface area contributed by atoms with Gasteiger partial charge in [-0.3, -0.25) is 14.9 Å². The molecule has 2 aromatic rings. The fraction of sp³-hybridized carbons (Fsp3) is 0.333. The van der Waals surface area contributed by atoms with E-state index in [1.54, 1.807) is 0 Å². The number of piperidine rings is 1. The first kappa shape index (κ1) is 21.1. The molecule has 1 heterocycles. The number of benzene rings is 2. The predicted octanol–water partition coefficient (Wildman–Crippen LogP) is 3.39. The monoisotopic (exact) mass is 413 g/mol. The maximum absolute atomic E-state index is 12.2. The maximum Gasteiger partial charge on any atom is 0.338 e. The molecule has 0 atom stereocenters. The first-order valence-electron chi connectivity index (χ1n) is 9.62. The van der Waals surface area contributed by atoms with Crippen molar-refractivity contribution in [1.82, 2.24) is 0 Å². The number of hydrogen-bond acceptors (Lipinski definition) is 7. The van der Waals surface area contributed by atoms with Crippen LogP contribution in [0.2, 0.25) is 0 Å². The summed E-state index contributed by atoms with van der Waals surface area (Å²) in [7, 11) is 1.18. The fourth-order valence-corrected chi connectivity index (χ4v) is 3.27. The second-order valence-corrected chi connectivity index (χ2v) is 6.86. The lowest BCUT2D eigenvalue weighted by Gasteiger charge is -2.28. The van der Waals surface area contributed by atoms with Crippen molar-refractivity contribution >= 4 is 28.9 Å². The Morgan fingerprint density at radius 3 is 2.43 bits per heavy atom. The molecule has 3 rings (SSSR count). The van der Waals surface area contributed by atoms with Crippen LogP contribution < -0.4 is 15.0 Å². The zero-order chi connectivity index (χ0) is 21.5. The van der Waals surface area contributed by atoms with Gasteiger partial charge in [0.1, 0.15) is 0 Å². The lowest BCUT2D eigenvalue weighted by molar-refractivity contribution is -0.385. The number of esters is 1. The van der Waals surface area contributed by atoms with Crippen molar-refractivity contribution in [1.29, 1.82) is 0 Å². The highest BCUT2D eigenvalue weighted by molar-refractivity contribution is 5.92. The number of nitro groups is 1. The Kier molecular flexibility index (Phi) is 6.84. The van der Waals surface area contributed by atoms with Gasteiger partial charge in [0.25, 0.3) is 5.91 Å². The summed E-state index contributed by atoms with van der Waals surface area (Å²) in [6.07, 6.45) is 3.62. The molecule has 1 fully saturated rings. The molecule has 9 heteroatoms. The first-order chi connectivity index (χ1) is 14.5. The number of hydrogen-bond donors (Lipinski definition) is 1. The molecule has 0 radical (unpaired) electrons. The Hall–Kier alpha value is -3.62. The number of nitrogens with zero attached hydrogens (tertiary/aromatic N) is 2. The summed E-state index contributed by atoms with van der Waals surface area (Å²) in [5, 5.41) is 14.0. The second kappa shape index (κ2) is 9.73. The van der Waals surface area contributed by atoms with E-state index in [0.29, 0.717) is 5.69 Å². The largest absolute Gasteiger partial charge is 0.477 e. The lowest BCUT2D eigenvalue weighted by Crippen LogP contribution is -2.29. The minimum Gasteiger partial charge on any atom is -0.477 e. The first-order valence-corrected chi connectivity index (χ1v) is 9.62. The van der Waals surface area contributed by atoms with Gasteiger partial charge in [0.15, 0.2) is 12.4 Å². The normalized spacial score (nSPS) is 13.4. The zero-order valence-electron chi connectivity index (χ0n) is 16.6. The van der Waals surface area contributed by atoms with Crippen molar-refractivity contribution in [2.75, 3.05) is 37.0 Å². The summed E-state index contributed by atoms with van der Waals surface area (Å²) in [5.41, 5.74) is 1.33. The molecule has 0 bridgehead atoms. The van der Waals surface area contributed by atoms with Gasteiger partial charge in [-0.15, -0.1) is 0 Å². The van der Waals surface area contributed by atoms with Gasteiger partial charge >= 0.3 is 11.7 Å². The molecule has 30 heavy (non-hydrogen) atoms. The van der Waals surface area contributed by atoms with Crippen molar-refractivity contribution in [2.45, 2.75) is 19.3 Å². The zero-order valence-corrected chi connectivity index (χ0v) is 16.6. The third kappa shape index (κ3) is 5.25. The average molecular weight is 413 g/mol. The van der Waals surface area contributed by atoms with Gasteiger partial charge in [0, 0.05) is 30.5 Å². The summed E-state index contributed by atoms with van der Waals surface area (Å²) in [6.45, 7) is 1.66. The number of amides is 1. The predicted molar refractivity (Wildman–Crippen MR) is 111 cm³/mol. The van der Waals surface area contributed by atoms with Gasteiger partial charge < -0.3 is 19.7 Å². The number of carbonyl (C=O) groups is 2. The second-order valence-electron chi connectivity index (χ2n) is 6.86. The maximum atomic E-state index is 12.2. The highest BCUT2D eigenvalue weighted by Gasteiger charge is 2.20. The van der Waals surface area contributed by atoms with Crippen molar-refractivity contribution in [3.63, 3.8) is 0 Å². The molecule has 158 valence electrons. The van der Waals surface area contributed by atoms with Crippen LogP contribution in [0.4, 0.5) is 17.1 Å². The molecule has 2 aromatic carbocycles. The van der Waals surface area contributed by atoms with Crippen LogP contribution in [0.15, 0.2) is 42.5 Å². The molecular weight excluding hydrogens is 390 g/mol.